The van der Waals surface area contributed by atoms with Crippen molar-refractivity contribution in [1.82, 2.24) is 10.3 Å². The van der Waals surface area contributed by atoms with Gasteiger partial charge in [0, 0.05) is 19.3 Å². The molecular formula is C15H16Cl2N2O2. The number of halogens is 2. The largest absolute Gasteiger partial charge is 0.489 e. The Labute approximate surface area is 133 Å². The summed E-state index contributed by atoms with van der Waals surface area (Å²) < 4.78 is 5.46. The van der Waals surface area contributed by atoms with Gasteiger partial charge in [-0.05, 0) is 24.3 Å². The van der Waals surface area contributed by atoms with Crippen molar-refractivity contribution in [3.05, 3.63) is 58.3 Å². The summed E-state index contributed by atoms with van der Waals surface area (Å²) in [5, 5.41) is 13.8. The van der Waals surface area contributed by atoms with Gasteiger partial charge in [0.05, 0.1) is 10.7 Å². The summed E-state index contributed by atoms with van der Waals surface area (Å²) in [4.78, 5) is 4.18. The third kappa shape index (κ3) is 5.17. The molecule has 1 heterocycles. The highest BCUT2D eigenvalue weighted by molar-refractivity contribution is 6.42. The number of aromatic nitrogens is 1. The molecule has 0 aliphatic rings. The lowest BCUT2D eigenvalue weighted by atomic mass is 10.3. The van der Waals surface area contributed by atoms with Crippen LogP contribution >= 0.6 is 23.2 Å². The molecule has 0 aliphatic carbocycles. The number of ether oxygens (including phenoxy) is 1. The lowest BCUT2D eigenvalue weighted by molar-refractivity contribution is 0.106. The molecule has 2 N–H and O–H groups in total. The Kier molecular flexibility index (Phi) is 6.26. The number of nitrogens with zero attached hydrogens (tertiary/aromatic N) is 1. The van der Waals surface area contributed by atoms with Crippen LogP contribution in [-0.2, 0) is 6.54 Å². The van der Waals surface area contributed by atoms with Crippen LogP contribution in [0.2, 0.25) is 10.0 Å². The topological polar surface area (TPSA) is 54.4 Å². The molecule has 1 atom stereocenters. The first-order chi connectivity index (χ1) is 10.2. The third-order valence-electron chi connectivity index (χ3n) is 2.76. The standard InChI is InChI=1S/C15H16Cl2N2O2/c16-13-5-3-6-14(15(13)17)21-10-12(20)9-18-8-11-4-1-2-7-19-11/h1-7,12,18,20H,8-10H2. The maximum absolute atomic E-state index is 9.86. The predicted octanol–water partition coefficient (Wildman–Crippen LogP) is 2.92. The molecule has 0 spiro atoms. The number of aliphatic hydroxyl groups excluding tert-OH is 1. The molecular weight excluding hydrogens is 311 g/mol. The van der Waals surface area contributed by atoms with Crippen LogP contribution in [0.15, 0.2) is 42.6 Å². The summed E-state index contributed by atoms with van der Waals surface area (Å²) in [6, 6.07) is 10.8. The minimum Gasteiger partial charge on any atom is -0.489 e. The zero-order valence-electron chi connectivity index (χ0n) is 11.3. The van der Waals surface area contributed by atoms with Gasteiger partial charge in [0.15, 0.2) is 0 Å². The fraction of sp³-hybridized carbons (Fsp3) is 0.267. The SMILES string of the molecule is OC(CNCc1ccccn1)COc1cccc(Cl)c1Cl. The average Bonchev–Trinajstić information content (AvgIpc) is 2.50. The van der Waals surface area contributed by atoms with Gasteiger partial charge < -0.3 is 15.2 Å². The van der Waals surface area contributed by atoms with E-state index in [-0.39, 0.29) is 6.61 Å². The summed E-state index contributed by atoms with van der Waals surface area (Å²) in [5.74, 6) is 0.466. The van der Waals surface area contributed by atoms with Gasteiger partial charge in [-0.2, -0.15) is 0 Å². The summed E-state index contributed by atoms with van der Waals surface area (Å²) in [6.07, 6.45) is 1.08. The first-order valence-electron chi connectivity index (χ1n) is 6.52. The zero-order valence-corrected chi connectivity index (χ0v) is 12.8. The van der Waals surface area contributed by atoms with E-state index in [1.54, 1.807) is 24.4 Å². The Balaban J connectivity index is 1.72. The van der Waals surface area contributed by atoms with Crippen LogP contribution < -0.4 is 10.1 Å². The first-order valence-corrected chi connectivity index (χ1v) is 7.28. The van der Waals surface area contributed by atoms with Gasteiger partial charge >= 0.3 is 0 Å². The predicted molar refractivity (Wildman–Crippen MR) is 83.9 cm³/mol. The minimum atomic E-state index is -0.649. The van der Waals surface area contributed by atoms with Gasteiger partial charge in [-0.3, -0.25) is 4.98 Å². The Morgan fingerprint density at radius 2 is 2.05 bits per heavy atom. The zero-order chi connectivity index (χ0) is 15.1. The van der Waals surface area contributed by atoms with E-state index in [1.807, 2.05) is 18.2 Å². The number of hydrogen-bond donors (Lipinski definition) is 2. The molecule has 0 aliphatic heterocycles. The highest BCUT2D eigenvalue weighted by Crippen LogP contribution is 2.31. The van der Waals surface area contributed by atoms with Crippen LogP contribution in [0.1, 0.15) is 5.69 Å². The fourth-order valence-corrected chi connectivity index (χ4v) is 2.06. The van der Waals surface area contributed by atoms with Crippen molar-refractivity contribution in [3.8, 4) is 5.75 Å². The van der Waals surface area contributed by atoms with Gasteiger partial charge in [0.25, 0.3) is 0 Å². The first kappa shape index (κ1) is 16.0. The van der Waals surface area contributed by atoms with Crippen LogP contribution in [0.4, 0.5) is 0 Å². The number of hydrogen-bond acceptors (Lipinski definition) is 4. The lowest BCUT2D eigenvalue weighted by Gasteiger charge is -2.14. The fourth-order valence-electron chi connectivity index (χ4n) is 1.71. The minimum absolute atomic E-state index is 0.134. The molecule has 2 rings (SSSR count). The molecule has 1 unspecified atom stereocenters. The van der Waals surface area contributed by atoms with E-state index >= 15 is 0 Å². The number of rotatable bonds is 7. The van der Waals surface area contributed by atoms with Crippen molar-refractivity contribution in [2.24, 2.45) is 0 Å². The van der Waals surface area contributed by atoms with E-state index in [9.17, 15) is 5.11 Å². The average molecular weight is 327 g/mol. The summed E-state index contributed by atoms with van der Waals surface area (Å²) in [7, 11) is 0. The molecule has 21 heavy (non-hydrogen) atoms. The van der Waals surface area contributed by atoms with E-state index in [2.05, 4.69) is 10.3 Å². The Bertz CT molecular complexity index is 567. The molecule has 0 amide bonds. The van der Waals surface area contributed by atoms with E-state index in [0.717, 1.165) is 5.69 Å². The molecule has 112 valence electrons. The molecule has 0 saturated heterocycles. The second-order valence-electron chi connectivity index (χ2n) is 4.47. The molecule has 0 saturated carbocycles. The molecule has 4 nitrogen and oxygen atoms in total. The van der Waals surface area contributed by atoms with Crippen molar-refractivity contribution in [2.45, 2.75) is 12.6 Å². The molecule has 1 aromatic carbocycles. The van der Waals surface area contributed by atoms with Crippen molar-refractivity contribution in [1.29, 1.82) is 0 Å². The monoisotopic (exact) mass is 326 g/mol. The Morgan fingerprint density at radius 1 is 1.19 bits per heavy atom. The number of nitrogens with one attached hydrogen (secondary N) is 1. The van der Waals surface area contributed by atoms with Crippen LogP contribution in [0.25, 0.3) is 0 Å². The molecule has 0 bridgehead atoms. The van der Waals surface area contributed by atoms with E-state index in [0.29, 0.717) is 28.9 Å². The molecule has 0 fully saturated rings. The summed E-state index contributed by atoms with van der Waals surface area (Å²) in [5.41, 5.74) is 0.920. The third-order valence-corrected chi connectivity index (χ3v) is 3.56. The van der Waals surface area contributed by atoms with Gasteiger partial charge in [0.1, 0.15) is 23.5 Å². The second kappa shape index (κ2) is 8.20. The Morgan fingerprint density at radius 3 is 2.81 bits per heavy atom. The smallest absolute Gasteiger partial charge is 0.139 e. The summed E-state index contributed by atoms with van der Waals surface area (Å²) >= 11 is 11.9. The van der Waals surface area contributed by atoms with Crippen molar-refractivity contribution < 1.29 is 9.84 Å². The molecule has 0 radical (unpaired) electrons. The van der Waals surface area contributed by atoms with E-state index in [1.165, 1.54) is 0 Å². The number of pyridine rings is 1. The molecule has 1 aromatic heterocycles. The van der Waals surface area contributed by atoms with Crippen LogP contribution in [0.3, 0.4) is 0 Å². The molecule has 2 aromatic rings. The van der Waals surface area contributed by atoms with Crippen molar-refractivity contribution in [2.75, 3.05) is 13.2 Å². The summed E-state index contributed by atoms with van der Waals surface area (Å²) in [6.45, 7) is 1.12. The molecule has 6 heteroatoms. The number of benzene rings is 1. The lowest BCUT2D eigenvalue weighted by Crippen LogP contribution is -2.31. The quantitative estimate of drug-likeness (QED) is 0.821. The maximum atomic E-state index is 9.86. The van der Waals surface area contributed by atoms with Gasteiger partial charge in [-0.25, -0.2) is 0 Å². The highest BCUT2D eigenvalue weighted by atomic mass is 35.5. The van der Waals surface area contributed by atoms with Gasteiger partial charge in [-0.1, -0.05) is 35.3 Å². The Hall–Kier alpha value is -1.33. The normalized spacial score (nSPS) is 12.1. The van der Waals surface area contributed by atoms with E-state index in [4.69, 9.17) is 27.9 Å². The van der Waals surface area contributed by atoms with E-state index < -0.39 is 6.10 Å². The van der Waals surface area contributed by atoms with Crippen molar-refractivity contribution >= 4 is 23.2 Å². The van der Waals surface area contributed by atoms with Crippen molar-refractivity contribution in [3.63, 3.8) is 0 Å². The number of aliphatic hydroxyl groups is 1. The van der Waals surface area contributed by atoms with Crippen LogP contribution in [0, 0.1) is 0 Å². The second-order valence-corrected chi connectivity index (χ2v) is 5.25. The van der Waals surface area contributed by atoms with Crippen LogP contribution in [0.5, 0.6) is 5.75 Å². The highest BCUT2D eigenvalue weighted by Gasteiger charge is 2.09. The maximum Gasteiger partial charge on any atom is 0.139 e. The van der Waals surface area contributed by atoms with Gasteiger partial charge in [-0.15, -0.1) is 0 Å². The van der Waals surface area contributed by atoms with Gasteiger partial charge in [0.2, 0.25) is 0 Å². The van der Waals surface area contributed by atoms with Crippen LogP contribution in [-0.4, -0.2) is 29.3 Å².